The number of ether oxygens (including phenoxy) is 3. The Hall–Kier alpha value is -3.34. The van der Waals surface area contributed by atoms with Crippen LogP contribution >= 0.6 is 17.0 Å². The SMILES string of the molecule is Br.CCOc1cc2c(c(F)c1OCC)C(=N)N(CC(=O)c1cc(N(C)C)c(OCCCC(=O)O)c(C(C)(C)C)c1)C2. The number of ketones is 1. The van der Waals surface area contributed by atoms with Crippen molar-refractivity contribution in [1.82, 2.24) is 4.90 Å². The number of benzene rings is 2. The Bertz CT molecular complexity index is 1290. The number of anilines is 1. The van der Waals surface area contributed by atoms with Gasteiger partial charge >= 0.3 is 5.97 Å². The minimum Gasteiger partial charge on any atom is -0.491 e. The topological polar surface area (TPSA) is 112 Å². The molecule has 1 heterocycles. The van der Waals surface area contributed by atoms with E-state index in [1.165, 1.54) is 0 Å². The fourth-order valence-electron chi connectivity index (χ4n) is 4.64. The highest BCUT2D eigenvalue weighted by Gasteiger charge is 2.34. The van der Waals surface area contributed by atoms with Crippen LogP contribution in [-0.4, -0.2) is 68.1 Å². The maximum absolute atomic E-state index is 15.5. The van der Waals surface area contributed by atoms with E-state index < -0.39 is 11.8 Å². The Labute approximate surface area is 251 Å². The second kappa shape index (κ2) is 14.0. The van der Waals surface area contributed by atoms with E-state index in [2.05, 4.69) is 0 Å². The molecule has 0 saturated heterocycles. The number of nitrogens with zero attached hydrogens (tertiary/aromatic N) is 2. The molecule has 226 valence electrons. The number of nitrogens with one attached hydrogen (secondary N) is 1. The van der Waals surface area contributed by atoms with Gasteiger partial charge in [0.25, 0.3) is 0 Å². The number of hydrogen-bond donors (Lipinski definition) is 2. The van der Waals surface area contributed by atoms with Crippen LogP contribution in [0, 0.1) is 11.2 Å². The van der Waals surface area contributed by atoms with Gasteiger partial charge in [-0.05, 0) is 49.4 Å². The molecule has 0 amide bonds. The molecule has 0 unspecified atom stereocenters. The van der Waals surface area contributed by atoms with Crippen LogP contribution in [0.15, 0.2) is 18.2 Å². The highest BCUT2D eigenvalue weighted by Crippen LogP contribution is 2.41. The lowest BCUT2D eigenvalue weighted by atomic mass is 9.84. The third-order valence-electron chi connectivity index (χ3n) is 6.57. The van der Waals surface area contributed by atoms with Gasteiger partial charge in [0.2, 0.25) is 0 Å². The Morgan fingerprint density at radius 3 is 2.29 bits per heavy atom. The largest absolute Gasteiger partial charge is 0.491 e. The molecule has 9 nitrogen and oxygen atoms in total. The maximum atomic E-state index is 15.5. The first-order valence-corrected chi connectivity index (χ1v) is 13.5. The van der Waals surface area contributed by atoms with E-state index >= 15 is 4.39 Å². The van der Waals surface area contributed by atoms with Crippen LogP contribution in [0.5, 0.6) is 17.2 Å². The summed E-state index contributed by atoms with van der Waals surface area (Å²) in [5.41, 5.74) is 2.26. The number of aliphatic carboxylic acids is 1. The van der Waals surface area contributed by atoms with Crippen molar-refractivity contribution in [3.63, 3.8) is 0 Å². The maximum Gasteiger partial charge on any atom is 0.303 e. The number of carboxylic acids is 1. The van der Waals surface area contributed by atoms with Gasteiger partial charge in [-0.15, -0.1) is 17.0 Å². The van der Waals surface area contributed by atoms with Crippen LogP contribution in [0.25, 0.3) is 0 Å². The van der Waals surface area contributed by atoms with Crippen molar-refractivity contribution >= 4 is 40.3 Å². The number of Topliss-reactive ketones (excluding diaryl/α,β-unsaturated/α-hetero) is 1. The van der Waals surface area contributed by atoms with Crippen molar-refractivity contribution in [2.24, 2.45) is 0 Å². The fraction of sp³-hybridized carbons (Fsp3) is 0.500. The first kappa shape index (κ1) is 33.9. The number of hydrogen-bond acceptors (Lipinski definition) is 7. The molecule has 2 aromatic rings. The summed E-state index contributed by atoms with van der Waals surface area (Å²) in [4.78, 5) is 27.9. The molecule has 0 radical (unpaired) electrons. The lowest BCUT2D eigenvalue weighted by Crippen LogP contribution is -2.31. The van der Waals surface area contributed by atoms with Gasteiger partial charge in [0.1, 0.15) is 11.6 Å². The summed E-state index contributed by atoms with van der Waals surface area (Å²) in [5, 5.41) is 17.6. The molecule has 0 bridgehead atoms. The highest BCUT2D eigenvalue weighted by molar-refractivity contribution is 8.93. The second-order valence-electron chi connectivity index (χ2n) is 10.9. The number of carbonyl (C=O) groups is 2. The zero-order valence-corrected chi connectivity index (χ0v) is 26.6. The quantitative estimate of drug-likeness (QED) is 0.208. The number of halogens is 2. The van der Waals surface area contributed by atoms with Crippen molar-refractivity contribution in [3.05, 3.63) is 46.3 Å². The first-order valence-electron chi connectivity index (χ1n) is 13.5. The minimum absolute atomic E-state index is 0. The predicted octanol–water partition coefficient (Wildman–Crippen LogP) is 5.83. The van der Waals surface area contributed by atoms with Gasteiger partial charge in [0, 0.05) is 38.2 Å². The summed E-state index contributed by atoms with van der Waals surface area (Å²) in [7, 11) is 3.70. The number of amidine groups is 1. The van der Waals surface area contributed by atoms with Crippen molar-refractivity contribution in [2.45, 2.75) is 59.4 Å². The van der Waals surface area contributed by atoms with Crippen molar-refractivity contribution in [1.29, 1.82) is 5.41 Å². The molecular formula is C30H41BrFN3O6. The van der Waals surface area contributed by atoms with Crippen LogP contribution in [0.4, 0.5) is 10.1 Å². The number of carboxylic acid groups (broad SMARTS) is 1. The van der Waals surface area contributed by atoms with Crippen LogP contribution in [0.2, 0.25) is 0 Å². The van der Waals surface area contributed by atoms with Gasteiger partial charge in [-0.1, -0.05) is 20.8 Å². The van der Waals surface area contributed by atoms with Crippen molar-refractivity contribution in [3.8, 4) is 17.2 Å². The zero-order valence-electron chi connectivity index (χ0n) is 24.9. The molecule has 3 rings (SSSR count). The van der Waals surface area contributed by atoms with E-state index in [1.54, 1.807) is 36.9 Å². The van der Waals surface area contributed by atoms with Gasteiger partial charge in [-0.2, -0.15) is 0 Å². The van der Waals surface area contributed by atoms with Gasteiger partial charge in [0.05, 0.1) is 37.6 Å². The number of rotatable bonds is 13. The van der Waals surface area contributed by atoms with Crippen LogP contribution in [0.3, 0.4) is 0 Å². The van der Waals surface area contributed by atoms with Gasteiger partial charge in [-0.3, -0.25) is 15.0 Å². The molecule has 0 spiro atoms. The van der Waals surface area contributed by atoms with E-state index in [9.17, 15) is 9.59 Å². The standard InChI is InChI=1S/C30H40FN3O6.BrH/c1-8-38-23-15-19-16-34(29(32)25(19)26(31)28(23)39-9-2)17-22(35)18-13-20(30(3,4)5)27(21(14-18)33(6)7)40-12-10-11-24(36)37;/h13-15,32H,8-12,16-17H2,1-7H3,(H,36,37);1H. The monoisotopic (exact) mass is 637 g/mol. The fourth-order valence-corrected chi connectivity index (χ4v) is 4.64. The summed E-state index contributed by atoms with van der Waals surface area (Å²) in [6.45, 7) is 10.5. The third-order valence-corrected chi connectivity index (χ3v) is 6.57. The van der Waals surface area contributed by atoms with Gasteiger partial charge in [-0.25, -0.2) is 4.39 Å². The van der Waals surface area contributed by atoms with Crippen molar-refractivity contribution < 1.29 is 33.3 Å². The average Bonchev–Trinajstić information content (AvgIpc) is 3.17. The molecule has 1 aliphatic rings. The minimum atomic E-state index is -0.883. The van der Waals surface area contributed by atoms with E-state index in [4.69, 9.17) is 24.7 Å². The van der Waals surface area contributed by atoms with E-state index in [0.29, 0.717) is 35.6 Å². The normalized spacial score (nSPS) is 12.5. The molecule has 0 aromatic heterocycles. The first-order chi connectivity index (χ1) is 18.8. The number of carbonyl (C=O) groups excluding carboxylic acids is 1. The number of fused-ring (bicyclic) bond motifs is 1. The average molecular weight is 639 g/mol. The summed E-state index contributed by atoms with van der Waals surface area (Å²) >= 11 is 0. The van der Waals surface area contributed by atoms with E-state index in [-0.39, 0.29) is 83.8 Å². The molecule has 0 aliphatic carbocycles. The molecule has 11 heteroatoms. The lowest BCUT2D eigenvalue weighted by molar-refractivity contribution is -0.137. The highest BCUT2D eigenvalue weighted by atomic mass is 79.9. The molecule has 41 heavy (non-hydrogen) atoms. The molecule has 2 N–H and O–H groups in total. The Morgan fingerprint density at radius 1 is 1.07 bits per heavy atom. The Balaban J connectivity index is 0.00000588. The van der Waals surface area contributed by atoms with Gasteiger partial charge < -0.3 is 29.1 Å². The molecular weight excluding hydrogens is 597 g/mol. The third kappa shape index (κ3) is 7.69. The molecule has 1 aliphatic heterocycles. The Kier molecular flexibility index (Phi) is 11.6. The summed E-state index contributed by atoms with van der Waals surface area (Å²) in [6.07, 6.45) is 0.359. The summed E-state index contributed by atoms with van der Waals surface area (Å²) < 4.78 is 32.6. The molecule has 0 atom stereocenters. The lowest BCUT2D eigenvalue weighted by Gasteiger charge is -2.28. The van der Waals surface area contributed by atoms with Crippen LogP contribution in [-0.2, 0) is 16.8 Å². The summed E-state index contributed by atoms with van der Waals surface area (Å²) in [6, 6.07) is 5.23. The van der Waals surface area contributed by atoms with E-state index in [0.717, 1.165) is 5.56 Å². The molecule has 0 saturated carbocycles. The molecule has 2 aromatic carbocycles. The second-order valence-corrected chi connectivity index (χ2v) is 10.9. The van der Waals surface area contributed by atoms with Crippen molar-refractivity contribution in [2.75, 3.05) is 45.4 Å². The van der Waals surface area contributed by atoms with E-state index in [1.807, 2.05) is 39.8 Å². The summed E-state index contributed by atoms with van der Waals surface area (Å²) in [5.74, 6) is -0.972. The molecule has 0 fully saturated rings. The van der Waals surface area contributed by atoms with Gasteiger partial charge in [0.15, 0.2) is 23.1 Å². The smallest absolute Gasteiger partial charge is 0.303 e. The Morgan fingerprint density at radius 2 is 1.73 bits per heavy atom. The zero-order chi connectivity index (χ0) is 29.8. The van der Waals surface area contributed by atoms with Crippen LogP contribution < -0.4 is 19.1 Å². The van der Waals surface area contributed by atoms with Crippen LogP contribution in [0.1, 0.15) is 74.5 Å². The predicted molar refractivity (Wildman–Crippen MR) is 162 cm³/mol.